The molecule has 0 aromatic heterocycles. The maximum Gasteiger partial charge on any atom is 0.197 e. The molecule has 2 aromatic rings. The van der Waals surface area contributed by atoms with Crippen molar-refractivity contribution < 1.29 is 39.2 Å². The van der Waals surface area contributed by atoms with E-state index >= 15 is 0 Å². The molecular formula is C15H13Br3O8S. The first-order valence-corrected chi connectivity index (χ1v) is 10.2. The molecule has 5 N–H and O–H groups in total. The van der Waals surface area contributed by atoms with Gasteiger partial charge in [0.05, 0.1) is 15.6 Å². The van der Waals surface area contributed by atoms with Gasteiger partial charge in [-0.2, -0.15) is 0 Å². The van der Waals surface area contributed by atoms with Crippen LogP contribution < -0.4 is 0 Å². The Bertz CT molecular complexity index is 834. The molecule has 0 amide bonds. The second-order valence-electron chi connectivity index (χ2n) is 5.19. The molecule has 27 heavy (non-hydrogen) atoms. The summed E-state index contributed by atoms with van der Waals surface area (Å²) in [5, 5.41) is 51.1. The molecule has 0 bridgehead atoms. The molecule has 0 heterocycles. The van der Waals surface area contributed by atoms with Gasteiger partial charge < -0.3 is 20.4 Å². The number of aromatic hydroxyl groups is 4. The topological polar surface area (TPSA) is 129 Å². The highest BCUT2D eigenvalue weighted by Gasteiger charge is 2.20. The maximum absolute atomic E-state index is 10.0. The second kappa shape index (κ2) is 10.2. The Morgan fingerprint density at radius 2 is 1.44 bits per heavy atom. The van der Waals surface area contributed by atoms with Crippen LogP contribution in [0.3, 0.4) is 0 Å². The molecule has 0 unspecified atom stereocenters. The Kier molecular flexibility index (Phi) is 8.49. The average molecular weight is 593 g/mol. The summed E-state index contributed by atoms with van der Waals surface area (Å²) in [4.78, 5) is 0. The zero-order chi connectivity index (χ0) is 20.1. The molecule has 12 heteroatoms. The highest BCUT2D eigenvalue weighted by atomic mass is 79.9. The number of hydrogen-bond acceptors (Lipinski definition) is 9. The molecular weight excluding hydrogens is 580 g/mol. The fraction of sp³-hybridized carbons (Fsp3) is 0.200. The van der Waals surface area contributed by atoms with Crippen molar-refractivity contribution in [2.24, 2.45) is 0 Å². The lowest BCUT2D eigenvalue weighted by Crippen LogP contribution is -2.02. The van der Waals surface area contributed by atoms with E-state index < -0.39 is 0 Å². The molecule has 0 fully saturated rings. The second-order valence-corrected chi connectivity index (χ2v) is 8.07. The summed E-state index contributed by atoms with van der Waals surface area (Å²) in [6.45, 7) is 0.142. The molecule has 0 aliphatic rings. The van der Waals surface area contributed by atoms with E-state index in [1.54, 1.807) is 0 Å². The van der Waals surface area contributed by atoms with Gasteiger partial charge in [0.1, 0.15) is 0 Å². The van der Waals surface area contributed by atoms with Crippen molar-refractivity contribution in [2.75, 3.05) is 6.61 Å². The zero-order valence-corrected chi connectivity index (χ0v) is 18.9. The Morgan fingerprint density at radius 1 is 0.852 bits per heavy atom. The molecule has 2 rings (SSSR count). The summed E-state index contributed by atoms with van der Waals surface area (Å²) in [5.41, 5.74) is 1.91. The van der Waals surface area contributed by atoms with E-state index in [9.17, 15) is 20.4 Å². The van der Waals surface area contributed by atoms with Crippen LogP contribution in [0.1, 0.15) is 16.7 Å². The summed E-state index contributed by atoms with van der Waals surface area (Å²) < 4.78 is 10.2. The van der Waals surface area contributed by atoms with Crippen LogP contribution in [-0.4, -0.2) is 32.3 Å². The van der Waals surface area contributed by atoms with Crippen molar-refractivity contribution in [3.63, 3.8) is 0 Å². The van der Waals surface area contributed by atoms with Gasteiger partial charge in [0.25, 0.3) is 0 Å². The highest BCUT2D eigenvalue weighted by molar-refractivity contribution is 9.13. The van der Waals surface area contributed by atoms with Gasteiger partial charge >= 0.3 is 0 Å². The summed E-state index contributed by atoms with van der Waals surface area (Å²) in [7, 11) is 0. The summed E-state index contributed by atoms with van der Waals surface area (Å²) in [6.07, 6.45) is 0.576. The van der Waals surface area contributed by atoms with E-state index in [0.717, 1.165) is 0 Å². The molecule has 0 radical (unpaired) electrons. The molecule has 2 aromatic carbocycles. The zero-order valence-electron chi connectivity index (χ0n) is 13.3. The van der Waals surface area contributed by atoms with Gasteiger partial charge in [0.15, 0.2) is 35.3 Å². The van der Waals surface area contributed by atoms with Crippen LogP contribution in [0.15, 0.2) is 25.6 Å². The fourth-order valence-electron chi connectivity index (χ4n) is 2.32. The van der Waals surface area contributed by atoms with E-state index in [0.29, 0.717) is 44.4 Å². The van der Waals surface area contributed by atoms with Gasteiger partial charge in [0.2, 0.25) is 0 Å². The summed E-state index contributed by atoms with van der Waals surface area (Å²) >= 11 is 10.3. The highest BCUT2D eigenvalue weighted by Crippen LogP contribution is 2.44. The third-order valence-electron chi connectivity index (χ3n) is 3.58. The maximum atomic E-state index is 10.0. The van der Waals surface area contributed by atoms with Crippen LogP contribution in [0.5, 0.6) is 23.0 Å². The largest absolute Gasteiger partial charge is 0.504 e. The quantitative estimate of drug-likeness (QED) is 0.0952. The normalized spacial score (nSPS) is 11.1. The first kappa shape index (κ1) is 22.6. The Hall–Kier alpha value is -0.730. The van der Waals surface area contributed by atoms with Crippen LogP contribution in [0.4, 0.5) is 0 Å². The van der Waals surface area contributed by atoms with Gasteiger partial charge in [-0.25, -0.2) is 5.26 Å². The Labute approximate surface area is 183 Å². The minimum Gasteiger partial charge on any atom is -0.504 e. The fourth-order valence-corrected chi connectivity index (χ4v) is 4.04. The predicted molar refractivity (Wildman–Crippen MR) is 107 cm³/mol. The predicted octanol–water partition coefficient (Wildman–Crippen LogP) is 4.93. The van der Waals surface area contributed by atoms with E-state index in [2.05, 4.69) is 57.2 Å². The molecule has 0 aliphatic heterocycles. The molecule has 8 nitrogen and oxygen atoms in total. The molecule has 0 aliphatic carbocycles. The molecule has 0 saturated carbocycles. The summed E-state index contributed by atoms with van der Waals surface area (Å²) in [6, 6.07) is 2.79. The lowest BCUT2D eigenvalue weighted by atomic mass is 9.97. The first-order chi connectivity index (χ1) is 12.8. The minimum atomic E-state index is -0.320. The van der Waals surface area contributed by atoms with Crippen LogP contribution in [0.25, 0.3) is 0 Å². The van der Waals surface area contributed by atoms with Crippen molar-refractivity contribution >= 4 is 60.1 Å². The number of benzene rings is 2. The monoisotopic (exact) mass is 590 g/mol. The van der Waals surface area contributed by atoms with Crippen molar-refractivity contribution in [3.8, 4) is 23.0 Å². The van der Waals surface area contributed by atoms with E-state index in [1.807, 2.05) is 0 Å². The van der Waals surface area contributed by atoms with E-state index in [-0.39, 0.29) is 40.5 Å². The lowest BCUT2D eigenvalue weighted by Gasteiger charge is -2.16. The molecule has 148 valence electrons. The van der Waals surface area contributed by atoms with E-state index in [1.165, 1.54) is 12.1 Å². The van der Waals surface area contributed by atoms with Gasteiger partial charge in [-0.15, -0.1) is 4.33 Å². The van der Waals surface area contributed by atoms with Crippen molar-refractivity contribution in [1.29, 1.82) is 0 Å². The smallest absolute Gasteiger partial charge is 0.197 e. The number of halogens is 3. The third-order valence-corrected chi connectivity index (χ3v) is 7.02. The van der Waals surface area contributed by atoms with Crippen LogP contribution in [-0.2, 0) is 26.4 Å². The number of phenolic OH excluding ortho intramolecular Hbond substituents is 4. The van der Waals surface area contributed by atoms with Crippen molar-refractivity contribution in [1.82, 2.24) is 0 Å². The van der Waals surface area contributed by atoms with Gasteiger partial charge in [-0.1, -0.05) is 5.04 Å². The number of hydrogen-bond donors (Lipinski definition) is 5. The Balaban J connectivity index is 2.36. The average Bonchev–Trinajstić information content (AvgIpc) is 2.64. The van der Waals surface area contributed by atoms with Crippen molar-refractivity contribution in [2.45, 2.75) is 12.8 Å². The van der Waals surface area contributed by atoms with Crippen LogP contribution in [0.2, 0.25) is 0 Å². The standard InChI is InChI=1S/C15H13Br3O8S/c16-11-7(5-10(20)15(22)13(11)18)3-8-6(1-2-24-27-26-25-23)4-9(19)14(21)12(8)17/h4-5,19-23H,1-3H2. The van der Waals surface area contributed by atoms with Gasteiger partial charge in [0, 0.05) is 10.9 Å². The Morgan fingerprint density at radius 3 is 2.07 bits per heavy atom. The van der Waals surface area contributed by atoms with Crippen LogP contribution >= 0.6 is 60.1 Å². The lowest BCUT2D eigenvalue weighted by molar-refractivity contribution is -0.434. The van der Waals surface area contributed by atoms with E-state index in [4.69, 9.17) is 9.44 Å². The third kappa shape index (κ3) is 5.41. The molecule has 0 saturated heterocycles. The minimum absolute atomic E-state index is 0.142. The van der Waals surface area contributed by atoms with Gasteiger partial charge in [-0.05, 0) is 83.0 Å². The SMILES string of the molecule is OOOSOCCc1cc(O)c(O)c(Br)c1Cc1cc(O)c(O)c(Br)c1Br. The van der Waals surface area contributed by atoms with Crippen molar-refractivity contribution in [3.05, 3.63) is 42.2 Å². The first-order valence-electron chi connectivity index (χ1n) is 7.15. The number of phenols is 4. The van der Waals surface area contributed by atoms with Crippen LogP contribution in [0, 0.1) is 0 Å². The molecule has 0 spiro atoms. The summed E-state index contributed by atoms with van der Waals surface area (Å²) in [5.74, 6) is -1.23. The number of rotatable bonds is 8. The molecule has 0 atom stereocenters. The van der Waals surface area contributed by atoms with Gasteiger partial charge in [-0.3, -0.25) is 4.18 Å².